The van der Waals surface area contributed by atoms with E-state index >= 15 is 0 Å². The first-order chi connectivity index (χ1) is 8.91. The first kappa shape index (κ1) is 15.8. The van der Waals surface area contributed by atoms with E-state index in [1.165, 1.54) is 0 Å². The molecule has 1 amide bonds. The van der Waals surface area contributed by atoms with Crippen molar-refractivity contribution in [1.29, 1.82) is 0 Å². The summed E-state index contributed by atoms with van der Waals surface area (Å²) in [5, 5.41) is 15.0. The highest BCUT2D eigenvalue weighted by Crippen LogP contribution is 2.46. The lowest BCUT2D eigenvalue weighted by Crippen LogP contribution is -2.58. The van der Waals surface area contributed by atoms with Crippen LogP contribution in [-0.2, 0) is 4.79 Å². The molecule has 1 atom stereocenters. The summed E-state index contributed by atoms with van der Waals surface area (Å²) in [6.45, 7) is 8.35. The van der Waals surface area contributed by atoms with E-state index in [1.807, 2.05) is 6.92 Å². The molecule has 4 N–H and O–H groups in total. The fraction of sp³-hybridized carbons (Fsp3) is 0.857. The molecule has 1 aliphatic carbocycles. The Balaban J connectivity index is 2.75. The Morgan fingerprint density at radius 2 is 2.00 bits per heavy atom. The molecule has 1 aliphatic rings. The molecule has 0 aromatic carbocycles. The fourth-order valence-corrected chi connectivity index (χ4v) is 3.20. The van der Waals surface area contributed by atoms with E-state index in [9.17, 15) is 4.79 Å². The molecular formula is C14H27N3O2. The van der Waals surface area contributed by atoms with Crippen LogP contribution in [0.5, 0.6) is 0 Å². The summed E-state index contributed by atoms with van der Waals surface area (Å²) in [6, 6.07) is 0.113. The van der Waals surface area contributed by atoms with Gasteiger partial charge in [0.1, 0.15) is 5.41 Å². The van der Waals surface area contributed by atoms with Crippen molar-refractivity contribution in [3.8, 4) is 0 Å². The third kappa shape index (κ3) is 3.01. The van der Waals surface area contributed by atoms with Crippen molar-refractivity contribution < 1.29 is 10.0 Å². The highest BCUT2D eigenvalue weighted by Gasteiger charge is 2.52. The van der Waals surface area contributed by atoms with Gasteiger partial charge in [-0.3, -0.25) is 4.79 Å². The summed E-state index contributed by atoms with van der Waals surface area (Å²) < 4.78 is 0. The van der Waals surface area contributed by atoms with Crippen LogP contribution in [0.3, 0.4) is 0 Å². The number of rotatable bonds is 6. The Hall–Kier alpha value is -1.26. The molecule has 5 heteroatoms. The van der Waals surface area contributed by atoms with Crippen LogP contribution in [0.2, 0.25) is 0 Å². The van der Waals surface area contributed by atoms with Crippen molar-refractivity contribution in [3.05, 3.63) is 0 Å². The number of nitrogens with two attached hydrogens (primary N) is 1. The number of nitrogens with zero attached hydrogens (tertiary/aromatic N) is 1. The molecule has 5 nitrogen and oxygen atoms in total. The molecule has 110 valence electrons. The molecule has 1 saturated carbocycles. The predicted molar refractivity (Wildman–Crippen MR) is 75.9 cm³/mol. The minimum absolute atomic E-state index is 0.0415. The number of hydrogen-bond donors (Lipinski definition) is 3. The molecule has 19 heavy (non-hydrogen) atoms. The maximum absolute atomic E-state index is 12.5. The zero-order valence-electron chi connectivity index (χ0n) is 12.4. The van der Waals surface area contributed by atoms with Crippen molar-refractivity contribution in [2.24, 2.45) is 28.1 Å². The molecule has 1 rings (SSSR count). The molecule has 0 saturated heterocycles. The Kier molecular flexibility index (Phi) is 5.20. The second kappa shape index (κ2) is 6.26. The minimum Gasteiger partial charge on any atom is -0.409 e. The Labute approximate surface area is 115 Å². The van der Waals surface area contributed by atoms with Gasteiger partial charge in [0.15, 0.2) is 5.84 Å². The molecule has 1 unspecified atom stereocenters. The largest absolute Gasteiger partial charge is 0.409 e. The predicted octanol–water partition coefficient (Wildman–Crippen LogP) is 2.09. The third-order valence-corrected chi connectivity index (χ3v) is 4.54. The van der Waals surface area contributed by atoms with E-state index in [4.69, 9.17) is 10.9 Å². The van der Waals surface area contributed by atoms with Crippen LogP contribution in [-0.4, -0.2) is 23.0 Å². The Bertz CT molecular complexity index is 345. The molecule has 1 fully saturated rings. The number of nitrogens with one attached hydrogen (secondary N) is 1. The van der Waals surface area contributed by atoms with E-state index in [2.05, 4.69) is 31.2 Å². The highest BCUT2D eigenvalue weighted by atomic mass is 16.4. The number of oxime groups is 1. The maximum atomic E-state index is 12.5. The summed E-state index contributed by atoms with van der Waals surface area (Å²) in [5.74, 6) is 0.848. The van der Waals surface area contributed by atoms with Gasteiger partial charge in [0.25, 0.3) is 0 Å². The number of hydrogen-bond acceptors (Lipinski definition) is 3. The minimum atomic E-state index is -0.797. The summed E-state index contributed by atoms with van der Waals surface area (Å²) in [6.07, 6.45) is 3.38. The topological polar surface area (TPSA) is 87.7 Å². The van der Waals surface area contributed by atoms with Crippen LogP contribution in [0.15, 0.2) is 5.16 Å². The van der Waals surface area contributed by atoms with Gasteiger partial charge in [-0.15, -0.1) is 0 Å². The van der Waals surface area contributed by atoms with E-state index in [0.717, 1.165) is 12.8 Å². The van der Waals surface area contributed by atoms with Crippen LogP contribution in [0, 0.1) is 17.3 Å². The van der Waals surface area contributed by atoms with Crippen molar-refractivity contribution in [2.75, 3.05) is 0 Å². The van der Waals surface area contributed by atoms with Crippen LogP contribution in [0.1, 0.15) is 53.4 Å². The number of amidine groups is 1. The molecule has 0 heterocycles. The van der Waals surface area contributed by atoms with Crippen LogP contribution < -0.4 is 11.1 Å². The Morgan fingerprint density at radius 1 is 1.47 bits per heavy atom. The summed E-state index contributed by atoms with van der Waals surface area (Å²) in [5.41, 5.74) is 4.94. The van der Waals surface area contributed by atoms with Crippen LogP contribution in [0.25, 0.3) is 0 Å². The number of carbonyl (C=O) groups excluding carboxylic acids is 1. The molecule has 0 radical (unpaired) electrons. The van der Waals surface area contributed by atoms with Gasteiger partial charge in [-0.1, -0.05) is 38.8 Å². The lowest BCUT2D eigenvalue weighted by atomic mass is 9.61. The van der Waals surface area contributed by atoms with Crippen molar-refractivity contribution in [3.63, 3.8) is 0 Å². The molecule has 0 bridgehead atoms. The van der Waals surface area contributed by atoms with E-state index in [-0.39, 0.29) is 17.8 Å². The Morgan fingerprint density at radius 3 is 2.37 bits per heavy atom. The second-order valence-electron chi connectivity index (χ2n) is 5.92. The average molecular weight is 269 g/mol. The quantitative estimate of drug-likeness (QED) is 0.298. The van der Waals surface area contributed by atoms with Gasteiger partial charge >= 0.3 is 0 Å². The number of amides is 1. The van der Waals surface area contributed by atoms with Gasteiger partial charge in [0.2, 0.25) is 5.91 Å². The average Bonchev–Trinajstić information content (AvgIpc) is 2.34. The van der Waals surface area contributed by atoms with Gasteiger partial charge in [0, 0.05) is 6.04 Å². The second-order valence-corrected chi connectivity index (χ2v) is 5.92. The smallest absolute Gasteiger partial charge is 0.234 e. The van der Waals surface area contributed by atoms with E-state index in [0.29, 0.717) is 24.7 Å². The summed E-state index contributed by atoms with van der Waals surface area (Å²) in [4.78, 5) is 12.5. The summed E-state index contributed by atoms with van der Waals surface area (Å²) in [7, 11) is 0. The van der Waals surface area contributed by atoms with Crippen molar-refractivity contribution >= 4 is 11.7 Å². The van der Waals surface area contributed by atoms with E-state index in [1.54, 1.807) is 0 Å². The van der Waals surface area contributed by atoms with E-state index < -0.39 is 5.41 Å². The maximum Gasteiger partial charge on any atom is 0.234 e. The SMILES string of the molecule is CCC(CC)C(C)NC(=O)C1(C(N)=NO)CC(C)C1. The lowest BCUT2D eigenvalue weighted by molar-refractivity contribution is -0.134. The van der Waals surface area contributed by atoms with Gasteiger partial charge in [-0.2, -0.15) is 0 Å². The normalized spacial score (nSPS) is 28.9. The fourth-order valence-electron chi connectivity index (χ4n) is 3.20. The van der Waals surface area contributed by atoms with Gasteiger partial charge in [-0.25, -0.2) is 0 Å². The molecular weight excluding hydrogens is 242 g/mol. The monoisotopic (exact) mass is 269 g/mol. The van der Waals surface area contributed by atoms with Gasteiger partial charge < -0.3 is 16.3 Å². The molecule has 0 aromatic heterocycles. The van der Waals surface area contributed by atoms with Crippen molar-refractivity contribution in [1.82, 2.24) is 5.32 Å². The zero-order valence-corrected chi connectivity index (χ0v) is 12.4. The van der Waals surface area contributed by atoms with Crippen molar-refractivity contribution in [2.45, 2.75) is 59.4 Å². The standard InChI is InChI=1S/C14H27N3O2/c1-5-11(6-2)10(4)16-13(18)14(12(15)17-19)7-9(3)8-14/h9-11,19H,5-8H2,1-4H3,(H2,15,17)(H,16,18). The third-order valence-electron chi connectivity index (χ3n) is 4.54. The van der Waals surface area contributed by atoms with Gasteiger partial charge in [0.05, 0.1) is 0 Å². The summed E-state index contributed by atoms with van der Waals surface area (Å²) >= 11 is 0. The molecule has 0 aliphatic heterocycles. The zero-order chi connectivity index (χ0) is 14.6. The molecule has 0 spiro atoms. The molecule has 0 aromatic rings. The van der Waals surface area contributed by atoms with Gasteiger partial charge in [-0.05, 0) is 31.6 Å². The lowest BCUT2D eigenvalue weighted by Gasteiger charge is -2.44. The first-order valence-corrected chi connectivity index (χ1v) is 7.20. The van der Waals surface area contributed by atoms with Crippen LogP contribution in [0.4, 0.5) is 0 Å². The highest BCUT2D eigenvalue weighted by molar-refractivity contribution is 6.07. The number of carbonyl (C=O) groups is 1. The van der Waals surface area contributed by atoms with Crippen LogP contribution >= 0.6 is 0 Å². The first-order valence-electron chi connectivity index (χ1n) is 7.20.